The molecule has 5 heterocycles. The molecule has 12 aromatic rings. The Hall–Kier alpha value is -6.34. The summed E-state index contributed by atoms with van der Waals surface area (Å²) >= 11 is 3.67. The van der Waals surface area contributed by atoms with Crippen LogP contribution in [0.1, 0.15) is 0 Å². The fourth-order valence-corrected chi connectivity index (χ4v) is 10.9. The van der Waals surface area contributed by atoms with Gasteiger partial charge in [-0.25, -0.2) is 9.97 Å². The van der Waals surface area contributed by atoms with Crippen LogP contribution in [0.3, 0.4) is 0 Å². The van der Waals surface area contributed by atoms with Crippen molar-refractivity contribution in [2.45, 2.75) is 0 Å². The van der Waals surface area contributed by atoms with Crippen LogP contribution in [0.25, 0.3) is 107 Å². The van der Waals surface area contributed by atoms with Crippen LogP contribution >= 0.6 is 22.7 Å². The molecule has 52 heavy (non-hydrogen) atoms. The minimum Gasteiger partial charge on any atom is -0.290 e. The van der Waals surface area contributed by atoms with Gasteiger partial charge >= 0.3 is 0 Å². The molecule has 12 rings (SSSR count). The number of benzene rings is 7. The van der Waals surface area contributed by atoms with E-state index in [0.29, 0.717) is 0 Å². The monoisotopic (exact) mass is 698 g/mol. The van der Waals surface area contributed by atoms with Gasteiger partial charge in [-0.3, -0.25) is 9.13 Å². The molecule has 0 fully saturated rings. The van der Waals surface area contributed by atoms with E-state index in [9.17, 15) is 0 Å². The summed E-state index contributed by atoms with van der Waals surface area (Å²) in [6.07, 6.45) is 0. The van der Waals surface area contributed by atoms with E-state index in [0.717, 1.165) is 49.7 Å². The van der Waals surface area contributed by atoms with Crippen molar-refractivity contribution in [3.63, 3.8) is 0 Å². The standard InChI is InChI=1S/C46H26N4S2/c1-3-15-27(16-4-1)40-44(48-45-41(47-40)39-33-23-11-14-26-36(33)52-46(39)49(45)28-17-5-2-6-18-28)50-34-24-12-9-21-31(34)37-29-19-7-8-20-30(29)38-32-22-10-13-25-35(32)51-43(38)42(37)50/h1-26H. The topological polar surface area (TPSA) is 35.6 Å². The minimum absolute atomic E-state index is 0.825. The zero-order valence-electron chi connectivity index (χ0n) is 27.6. The third kappa shape index (κ3) is 3.74. The van der Waals surface area contributed by atoms with Gasteiger partial charge in [-0.1, -0.05) is 127 Å². The van der Waals surface area contributed by atoms with Gasteiger partial charge in [0.25, 0.3) is 0 Å². The average Bonchev–Trinajstić information content (AvgIpc) is 3.95. The lowest BCUT2D eigenvalue weighted by Gasteiger charge is -2.15. The summed E-state index contributed by atoms with van der Waals surface area (Å²) < 4.78 is 8.52. The second-order valence-corrected chi connectivity index (χ2v) is 15.4. The first-order chi connectivity index (χ1) is 25.8. The Labute approximate surface area is 305 Å². The molecule has 0 N–H and O–H groups in total. The van der Waals surface area contributed by atoms with Crippen LogP contribution in [0.2, 0.25) is 0 Å². The molecule has 5 aromatic heterocycles. The second kappa shape index (κ2) is 10.6. The molecule has 0 radical (unpaired) electrons. The van der Waals surface area contributed by atoms with Crippen LogP contribution in [-0.2, 0) is 0 Å². The van der Waals surface area contributed by atoms with E-state index in [2.05, 4.69) is 167 Å². The third-order valence-electron chi connectivity index (χ3n) is 10.5. The van der Waals surface area contributed by atoms with Crippen molar-refractivity contribution in [3.8, 4) is 22.8 Å². The molecule has 0 amide bonds. The Morgan fingerprint density at radius 3 is 1.77 bits per heavy atom. The molecule has 7 aromatic carbocycles. The molecule has 0 aliphatic rings. The van der Waals surface area contributed by atoms with Crippen LogP contribution in [0.5, 0.6) is 0 Å². The quantitative estimate of drug-likeness (QED) is 0.184. The van der Waals surface area contributed by atoms with Gasteiger partial charge in [0.05, 0.1) is 15.7 Å². The number of hydrogen-bond donors (Lipinski definition) is 0. The molecule has 0 unspecified atom stereocenters. The van der Waals surface area contributed by atoms with E-state index in [1.807, 2.05) is 11.3 Å². The summed E-state index contributed by atoms with van der Waals surface area (Å²) in [4.78, 5) is 12.7. The molecule has 6 heteroatoms. The molecule has 0 aliphatic heterocycles. The van der Waals surface area contributed by atoms with Gasteiger partial charge in [0, 0.05) is 53.0 Å². The Balaban J connectivity index is 1.34. The number of rotatable bonds is 3. The van der Waals surface area contributed by atoms with Crippen LogP contribution < -0.4 is 0 Å². The Bertz CT molecular complexity index is 3400. The lowest BCUT2D eigenvalue weighted by Crippen LogP contribution is -2.05. The summed E-state index contributed by atoms with van der Waals surface area (Å²) in [6, 6.07) is 56.4. The highest BCUT2D eigenvalue weighted by molar-refractivity contribution is 7.27. The number of para-hydroxylation sites is 2. The van der Waals surface area contributed by atoms with E-state index >= 15 is 0 Å². The van der Waals surface area contributed by atoms with Crippen molar-refractivity contribution in [1.29, 1.82) is 0 Å². The second-order valence-electron chi connectivity index (χ2n) is 13.3. The first kappa shape index (κ1) is 28.4. The fraction of sp³-hybridized carbons (Fsp3) is 0. The predicted octanol–water partition coefficient (Wildman–Crippen LogP) is 13.1. The molecular formula is C46H26N4S2. The van der Waals surface area contributed by atoms with Crippen molar-refractivity contribution in [2.75, 3.05) is 0 Å². The van der Waals surface area contributed by atoms with Crippen LogP contribution in [0.15, 0.2) is 158 Å². The van der Waals surface area contributed by atoms with Crippen molar-refractivity contribution >= 4 is 107 Å². The first-order valence-corrected chi connectivity index (χ1v) is 19.1. The van der Waals surface area contributed by atoms with E-state index in [1.165, 1.54) is 57.3 Å². The number of aromatic nitrogens is 4. The number of fused-ring (bicyclic) bond motifs is 15. The zero-order chi connectivity index (χ0) is 33.9. The van der Waals surface area contributed by atoms with Crippen molar-refractivity contribution in [1.82, 2.24) is 19.1 Å². The highest BCUT2D eigenvalue weighted by Crippen LogP contribution is 2.49. The van der Waals surface area contributed by atoms with Gasteiger partial charge in [0.15, 0.2) is 11.5 Å². The largest absolute Gasteiger partial charge is 0.290 e. The van der Waals surface area contributed by atoms with Gasteiger partial charge in [0.1, 0.15) is 16.0 Å². The van der Waals surface area contributed by atoms with Gasteiger partial charge in [0.2, 0.25) is 0 Å². The Morgan fingerprint density at radius 1 is 0.442 bits per heavy atom. The first-order valence-electron chi connectivity index (χ1n) is 17.4. The fourth-order valence-electron chi connectivity index (χ4n) is 8.37. The predicted molar refractivity (Wildman–Crippen MR) is 222 cm³/mol. The van der Waals surface area contributed by atoms with E-state index in [1.54, 1.807) is 11.3 Å². The van der Waals surface area contributed by atoms with Crippen molar-refractivity contribution in [2.24, 2.45) is 0 Å². The average molecular weight is 699 g/mol. The van der Waals surface area contributed by atoms with Crippen molar-refractivity contribution in [3.05, 3.63) is 158 Å². The third-order valence-corrected chi connectivity index (χ3v) is 12.8. The summed E-state index contributed by atoms with van der Waals surface area (Å²) in [5.41, 5.74) is 7.02. The smallest absolute Gasteiger partial charge is 0.167 e. The van der Waals surface area contributed by atoms with E-state index < -0.39 is 0 Å². The maximum absolute atomic E-state index is 5.80. The van der Waals surface area contributed by atoms with Gasteiger partial charge in [-0.15, -0.1) is 22.7 Å². The Morgan fingerprint density at radius 2 is 1.02 bits per heavy atom. The number of nitrogens with zero attached hydrogens (tertiary/aromatic N) is 4. The van der Waals surface area contributed by atoms with Crippen molar-refractivity contribution < 1.29 is 0 Å². The van der Waals surface area contributed by atoms with Crippen LogP contribution in [-0.4, -0.2) is 19.1 Å². The summed E-state index contributed by atoms with van der Waals surface area (Å²) in [5.74, 6) is 0.825. The van der Waals surface area contributed by atoms with Crippen LogP contribution in [0, 0.1) is 0 Å². The maximum Gasteiger partial charge on any atom is 0.167 e. The summed E-state index contributed by atoms with van der Waals surface area (Å²) in [7, 11) is 0. The maximum atomic E-state index is 5.80. The molecule has 0 bridgehead atoms. The number of hydrogen-bond acceptors (Lipinski definition) is 4. The van der Waals surface area contributed by atoms with Gasteiger partial charge in [-0.2, -0.15) is 0 Å². The molecule has 242 valence electrons. The lowest BCUT2D eigenvalue weighted by molar-refractivity contribution is 1.05. The van der Waals surface area contributed by atoms with E-state index in [4.69, 9.17) is 9.97 Å². The SMILES string of the molecule is c1ccc(-c2nc3c4c5ccccc5sc4n(-c4ccccc4)c3nc2-n2c3ccccc3c3c4ccccc4c4c5ccccc5sc4c32)cc1. The normalized spacial score (nSPS) is 12.2. The Kier molecular flexibility index (Phi) is 5.78. The van der Waals surface area contributed by atoms with E-state index in [-0.39, 0.29) is 0 Å². The summed E-state index contributed by atoms with van der Waals surface area (Å²) in [6.45, 7) is 0. The molecule has 0 spiro atoms. The molecule has 0 saturated heterocycles. The highest BCUT2D eigenvalue weighted by Gasteiger charge is 2.27. The minimum atomic E-state index is 0.825. The molecule has 0 atom stereocenters. The van der Waals surface area contributed by atoms with Crippen LogP contribution in [0.4, 0.5) is 0 Å². The molecular weight excluding hydrogens is 673 g/mol. The molecule has 0 saturated carbocycles. The zero-order valence-corrected chi connectivity index (χ0v) is 29.2. The highest BCUT2D eigenvalue weighted by atomic mass is 32.1. The molecule has 0 aliphatic carbocycles. The van der Waals surface area contributed by atoms with Gasteiger partial charge in [-0.05, 0) is 41.1 Å². The number of thiophene rings is 2. The van der Waals surface area contributed by atoms with Gasteiger partial charge < -0.3 is 0 Å². The molecule has 4 nitrogen and oxygen atoms in total. The lowest BCUT2D eigenvalue weighted by atomic mass is 9.99. The summed E-state index contributed by atoms with van der Waals surface area (Å²) in [5, 5.41) is 9.92.